The van der Waals surface area contributed by atoms with Gasteiger partial charge in [-0.2, -0.15) is 0 Å². The van der Waals surface area contributed by atoms with Crippen molar-refractivity contribution in [3.05, 3.63) is 23.3 Å². The molecule has 0 aliphatic rings. The highest BCUT2D eigenvalue weighted by molar-refractivity contribution is 5.10. The highest BCUT2D eigenvalue weighted by atomic mass is 16.5. The highest BCUT2D eigenvalue weighted by Gasteiger charge is 2.06. The Bertz CT molecular complexity index is 341. The lowest BCUT2D eigenvalue weighted by Crippen LogP contribution is -2.17. The number of nitrogens with one attached hydrogen (secondary N) is 1. The van der Waals surface area contributed by atoms with Crippen LogP contribution in [-0.2, 0) is 17.7 Å². The summed E-state index contributed by atoms with van der Waals surface area (Å²) in [6.07, 6.45) is 2.06. The third kappa shape index (κ3) is 5.24. The van der Waals surface area contributed by atoms with Gasteiger partial charge in [-0.15, -0.1) is 0 Å². The number of hydrogen-bond donors (Lipinski definition) is 1. The summed E-state index contributed by atoms with van der Waals surface area (Å²) >= 11 is 0. The van der Waals surface area contributed by atoms with Crippen molar-refractivity contribution >= 4 is 0 Å². The molecule has 96 valence electrons. The van der Waals surface area contributed by atoms with E-state index in [2.05, 4.69) is 22.2 Å². The SMILES string of the molecule is CCCNCc1cc(C)nc(CC(C)OC)n1. The first kappa shape index (κ1) is 14.1. The Morgan fingerprint density at radius 3 is 2.82 bits per heavy atom. The van der Waals surface area contributed by atoms with Gasteiger partial charge in [0, 0.05) is 25.8 Å². The van der Waals surface area contributed by atoms with Crippen LogP contribution >= 0.6 is 0 Å². The van der Waals surface area contributed by atoms with Gasteiger partial charge >= 0.3 is 0 Å². The first-order chi connectivity index (χ1) is 8.15. The summed E-state index contributed by atoms with van der Waals surface area (Å²) in [6, 6.07) is 2.03. The minimum Gasteiger partial charge on any atom is -0.381 e. The summed E-state index contributed by atoms with van der Waals surface area (Å²) in [4.78, 5) is 8.97. The van der Waals surface area contributed by atoms with Crippen molar-refractivity contribution < 1.29 is 4.74 Å². The summed E-state index contributed by atoms with van der Waals surface area (Å²) in [7, 11) is 1.71. The standard InChI is InChI=1S/C13H23N3O/c1-5-6-14-9-12-7-10(2)15-13(16-12)8-11(3)17-4/h7,11,14H,5-6,8-9H2,1-4H3. The average molecular weight is 237 g/mol. The predicted octanol–water partition coefficient (Wildman–Crippen LogP) is 1.86. The van der Waals surface area contributed by atoms with Gasteiger partial charge in [0.25, 0.3) is 0 Å². The minimum atomic E-state index is 0.160. The first-order valence-electron chi connectivity index (χ1n) is 6.22. The molecular formula is C13H23N3O. The second-order valence-corrected chi connectivity index (χ2v) is 4.34. The molecule has 0 fully saturated rings. The third-order valence-electron chi connectivity index (χ3n) is 2.56. The molecule has 0 radical (unpaired) electrons. The van der Waals surface area contributed by atoms with E-state index in [1.165, 1.54) is 0 Å². The zero-order valence-corrected chi connectivity index (χ0v) is 11.3. The van der Waals surface area contributed by atoms with Crippen LogP contribution in [0, 0.1) is 6.92 Å². The maximum Gasteiger partial charge on any atom is 0.131 e. The van der Waals surface area contributed by atoms with E-state index in [0.29, 0.717) is 0 Å². The summed E-state index contributed by atoms with van der Waals surface area (Å²) in [5.74, 6) is 0.868. The smallest absolute Gasteiger partial charge is 0.131 e. The van der Waals surface area contributed by atoms with Gasteiger partial charge in [0.1, 0.15) is 5.82 Å². The van der Waals surface area contributed by atoms with E-state index in [1.54, 1.807) is 7.11 Å². The van der Waals surface area contributed by atoms with Crippen molar-refractivity contribution in [2.24, 2.45) is 0 Å². The van der Waals surface area contributed by atoms with E-state index in [1.807, 2.05) is 19.9 Å². The van der Waals surface area contributed by atoms with Gasteiger partial charge in [-0.1, -0.05) is 6.92 Å². The van der Waals surface area contributed by atoms with Crippen molar-refractivity contribution in [2.75, 3.05) is 13.7 Å². The molecule has 0 saturated carbocycles. The number of hydrogen-bond acceptors (Lipinski definition) is 4. The zero-order chi connectivity index (χ0) is 12.7. The number of aromatic nitrogens is 2. The Kier molecular flexibility index (Phi) is 6.08. The van der Waals surface area contributed by atoms with Gasteiger partial charge in [0.2, 0.25) is 0 Å². The third-order valence-corrected chi connectivity index (χ3v) is 2.56. The maximum absolute atomic E-state index is 5.24. The molecule has 1 N–H and O–H groups in total. The molecule has 0 amide bonds. The van der Waals surface area contributed by atoms with E-state index in [0.717, 1.165) is 43.1 Å². The highest BCUT2D eigenvalue weighted by Crippen LogP contribution is 2.04. The average Bonchev–Trinajstić information content (AvgIpc) is 2.28. The van der Waals surface area contributed by atoms with Crippen molar-refractivity contribution in [3.63, 3.8) is 0 Å². The number of methoxy groups -OCH3 is 1. The molecule has 1 unspecified atom stereocenters. The Morgan fingerprint density at radius 1 is 1.41 bits per heavy atom. The summed E-state index contributed by atoms with van der Waals surface area (Å²) in [5.41, 5.74) is 2.08. The lowest BCUT2D eigenvalue weighted by Gasteiger charge is -2.10. The summed E-state index contributed by atoms with van der Waals surface area (Å²) < 4.78 is 5.24. The number of ether oxygens (including phenoxy) is 1. The van der Waals surface area contributed by atoms with Crippen molar-refractivity contribution in [1.82, 2.24) is 15.3 Å². The normalized spacial score (nSPS) is 12.7. The Balaban J connectivity index is 2.65. The Morgan fingerprint density at radius 2 is 2.18 bits per heavy atom. The van der Waals surface area contributed by atoms with Gasteiger partial charge in [0.15, 0.2) is 0 Å². The van der Waals surface area contributed by atoms with Crippen LogP contribution in [-0.4, -0.2) is 29.7 Å². The largest absolute Gasteiger partial charge is 0.381 e. The Labute approximate surface area is 104 Å². The van der Waals surface area contributed by atoms with Crippen molar-refractivity contribution in [2.45, 2.75) is 46.3 Å². The fourth-order valence-electron chi connectivity index (χ4n) is 1.62. The molecule has 17 heavy (non-hydrogen) atoms. The van der Waals surface area contributed by atoms with Gasteiger partial charge < -0.3 is 10.1 Å². The van der Waals surface area contributed by atoms with Crippen molar-refractivity contribution in [1.29, 1.82) is 0 Å². The van der Waals surface area contributed by atoms with E-state index in [4.69, 9.17) is 4.74 Å². The van der Waals surface area contributed by atoms with Crippen LogP contribution in [0.4, 0.5) is 0 Å². The van der Waals surface area contributed by atoms with E-state index in [9.17, 15) is 0 Å². The first-order valence-corrected chi connectivity index (χ1v) is 6.22. The van der Waals surface area contributed by atoms with Gasteiger partial charge in [-0.3, -0.25) is 0 Å². The van der Waals surface area contributed by atoms with E-state index >= 15 is 0 Å². The molecule has 4 nitrogen and oxygen atoms in total. The molecule has 1 heterocycles. The molecule has 0 aromatic carbocycles. The molecule has 1 aromatic heterocycles. The van der Waals surface area contributed by atoms with Crippen LogP contribution < -0.4 is 5.32 Å². The number of aryl methyl sites for hydroxylation is 1. The lowest BCUT2D eigenvalue weighted by atomic mass is 10.2. The molecule has 0 aliphatic heterocycles. The Hall–Kier alpha value is -1.00. The van der Waals surface area contributed by atoms with Crippen LogP contribution in [0.3, 0.4) is 0 Å². The van der Waals surface area contributed by atoms with Crippen LogP contribution in [0.2, 0.25) is 0 Å². The second-order valence-electron chi connectivity index (χ2n) is 4.34. The quantitative estimate of drug-likeness (QED) is 0.735. The van der Waals surface area contributed by atoms with E-state index in [-0.39, 0.29) is 6.10 Å². The number of rotatable bonds is 7. The molecule has 1 atom stereocenters. The van der Waals surface area contributed by atoms with E-state index < -0.39 is 0 Å². The second kappa shape index (κ2) is 7.35. The topological polar surface area (TPSA) is 47.0 Å². The summed E-state index contributed by atoms with van der Waals surface area (Å²) in [5, 5.41) is 3.35. The number of nitrogens with zero attached hydrogens (tertiary/aromatic N) is 2. The summed E-state index contributed by atoms with van der Waals surface area (Å²) in [6.45, 7) is 8.02. The maximum atomic E-state index is 5.24. The molecule has 0 bridgehead atoms. The van der Waals surface area contributed by atoms with Crippen LogP contribution in [0.15, 0.2) is 6.07 Å². The van der Waals surface area contributed by atoms with Crippen LogP contribution in [0.5, 0.6) is 0 Å². The molecular weight excluding hydrogens is 214 g/mol. The van der Waals surface area contributed by atoms with Gasteiger partial charge in [-0.25, -0.2) is 9.97 Å². The van der Waals surface area contributed by atoms with Gasteiger partial charge in [0.05, 0.1) is 11.8 Å². The molecule has 4 heteroatoms. The van der Waals surface area contributed by atoms with Crippen LogP contribution in [0.1, 0.15) is 37.5 Å². The monoisotopic (exact) mass is 237 g/mol. The molecule has 0 aliphatic carbocycles. The zero-order valence-electron chi connectivity index (χ0n) is 11.3. The fraction of sp³-hybridized carbons (Fsp3) is 0.692. The minimum absolute atomic E-state index is 0.160. The van der Waals surface area contributed by atoms with Crippen LogP contribution in [0.25, 0.3) is 0 Å². The fourth-order valence-corrected chi connectivity index (χ4v) is 1.62. The predicted molar refractivity (Wildman–Crippen MR) is 68.9 cm³/mol. The molecule has 1 rings (SSSR count). The molecule has 1 aromatic rings. The molecule has 0 spiro atoms. The van der Waals surface area contributed by atoms with Gasteiger partial charge in [-0.05, 0) is 32.9 Å². The van der Waals surface area contributed by atoms with Crippen molar-refractivity contribution in [3.8, 4) is 0 Å². The molecule has 0 saturated heterocycles. The lowest BCUT2D eigenvalue weighted by molar-refractivity contribution is 0.117.